The van der Waals surface area contributed by atoms with E-state index >= 15 is 0 Å². The molecule has 174 valence electrons. The van der Waals surface area contributed by atoms with E-state index in [1.807, 2.05) is 31.2 Å². The highest BCUT2D eigenvalue weighted by molar-refractivity contribution is 5.90. The molecular weight excluding hydrogens is 422 g/mol. The molecule has 2 amide bonds. The van der Waals surface area contributed by atoms with Gasteiger partial charge in [-0.15, -0.1) is 0 Å². The van der Waals surface area contributed by atoms with Crippen molar-refractivity contribution in [3.63, 3.8) is 0 Å². The van der Waals surface area contributed by atoms with E-state index in [0.29, 0.717) is 37.0 Å². The Bertz CT molecular complexity index is 1070. The van der Waals surface area contributed by atoms with Crippen molar-refractivity contribution < 1.29 is 14.3 Å². The molecular formula is C23H29N7O3. The number of nitrogens with two attached hydrogens (primary N) is 1. The summed E-state index contributed by atoms with van der Waals surface area (Å²) in [6.45, 7) is 3.33. The van der Waals surface area contributed by atoms with Crippen LogP contribution in [0.4, 0.5) is 17.3 Å². The minimum atomic E-state index is -0.178. The van der Waals surface area contributed by atoms with E-state index in [4.69, 9.17) is 10.5 Å². The number of carbonyl (C=O) groups excluding carboxylic acids is 2. The molecule has 0 aliphatic carbocycles. The normalized spacial score (nSPS) is 10.5. The molecule has 0 spiro atoms. The number of ether oxygens (including phenoxy) is 1. The van der Waals surface area contributed by atoms with Gasteiger partial charge in [0.2, 0.25) is 11.8 Å². The molecule has 10 nitrogen and oxygen atoms in total. The van der Waals surface area contributed by atoms with Crippen LogP contribution in [0.5, 0.6) is 5.75 Å². The van der Waals surface area contributed by atoms with E-state index in [1.165, 1.54) is 10.9 Å². The molecule has 2 aromatic heterocycles. The summed E-state index contributed by atoms with van der Waals surface area (Å²) in [5.41, 5.74) is 7.32. The number of amides is 2. The number of carbonyl (C=O) groups is 2. The van der Waals surface area contributed by atoms with Crippen LogP contribution in [0, 0.1) is 6.92 Å². The van der Waals surface area contributed by atoms with Gasteiger partial charge in [0.1, 0.15) is 30.5 Å². The molecule has 0 aliphatic heterocycles. The first-order valence-electron chi connectivity index (χ1n) is 10.6. The number of rotatable bonds is 11. The van der Waals surface area contributed by atoms with Crippen molar-refractivity contribution in [2.45, 2.75) is 19.9 Å². The van der Waals surface area contributed by atoms with Crippen molar-refractivity contribution in [1.82, 2.24) is 19.7 Å². The van der Waals surface area contributed by atoms with Crippen molar-refractivity contribution in [3.05, 3.63) is 60.4 Å². The van der Waals surface area contributed by atoms with Crippen LogP contribution in [0.15, 0.2) is 54.9 Å². The minimum absolute atomic E-state index is 0.0690. The number of hydrogen-bond acceptors (Lipinski definition) is 7. The smallest absolute Gasteiger partial charge is 0.244 e. The predicted molar refractivity (Wildman–Crippen MR) is 127 cm³/mol. The van der Waals surface area contributed by atoms with Gasteiger partial charge in [-0.05, 0) is 31.2 Å². The second-order valence-corrected chi connectivity index (χ2v) is 7.58. The Balaban J connectivity index is 1.36. The Kier molecular flexibility index (Phi) is 8.23. The maximum absolute atomic E-state index is 12.4. The van der Waals surface area contributed by atoms with Crippen LogP contribution in [-0.2, 0) is 16.1 Å². The summed E-state index contributed by atoms with van der Waals surface area (Å²) in [5, 5.41) is 9.96. The largest absolute Gasteiger partial charge is 0.492 e. The van der Waals surface area contributed by atoms with E-state index in [9.17, 15) is 9.59 Å². The first-order valence-corrected chi connectivity index (χ1v) is 10.6. The lowest BCUT2D eigenvalue weighted by molar-refractivity contribution is -0.131. The Labute approximate surface area is 192 Å². The third-order valence-corrected chi connectivity index (χ3v) is 4.79. The lowest BCUT2D eigenvalue weighted by Gasteiger charge is -2.17. The average Bonchev–Trinajstić information content (AvgIpc) is 3.21. The van der Waals surface area contributed by atoms with Crippen molar-refractivity contribution in [3.8, 4) is 5.75 Å². The van der Waals surface area contributed by atoms with Crippen LogP contribution in [0.2, 0.25) is 0 Å². The number of aromatic nitrogens is 3. The molecule has 4 N–H and O–H groups in total. The topological polar surface area (TPSA) is 127 Å². The fraction of sp³-hybridized carbons (Fsp3) is 0.304. The monoisotopic (exact) mass is 451 g/mol. The summed E-state index contributed by atoms with van der Waals surface area (Å²) in [6, 6.07) is 13.0. The third-order valence-electron chi connectivity index (χ3n) is 4.79. The number of anilines is 3. The third kappa shape index (κ3) is 7.84. The Hall–Kier alpha value is -4.08. The molecule has 3 rings (SSSR count). The highest BCUT2D eigenvalue weighted by Crippen LogP contribution is 2.11. The first kappa shape index (κ1) is 23.6. The number of likely N-dealkylation sites (N-methyl/N-ethyl adjacent to an activating group) is 1. The van der Waals surface area contributed by atoms with E-state index < -0.39 is 0 Å². The number of nitrogens with zero attached hydrogens (tertiary/aromatic N) is 4. The van der Waals surface area contributed by atoms with Gasteiger partial charge in [-0.1, -0.05) is 23.8 Å². The van der Waals surface area contributed by atoms with E-state index in [-0.39, 0.29) is 24.8 Å². The van der Waals surface area contributed by atoms with Crippen molar-refractivity contribution in [1.29, 1.82) is 0 Å². The number of benzene rings is 1. The van der Waals surface area contributed by atoms with Gasteiger partial charge in [-0.25, -0.2) is 4.98 Å². The lowest BCUT2D eigenvalue weighted by atomic mass is 10.2. The first-order chi connectivity index (χ1) is 15.9. The number of pyridine rings is 1. The summed E-state index contributed by atoms with van der Waals surface area (Å²) >= 11 is 0. The predicted octanol–water partition coefficient (Wildman–Crippen LogP) is 2.15. The maximum atomic E-state index is 12.4. The van der Waals surface area contributed by atoms with Crippen LogP contribution in [0.3, 0.4) is 0 Å². The van der Waals surface area contributed by atoms with E-state index in [2.05, 4.69) is 20.7 Å². The standard InChI is InChI=1S/C23H29N7O3/c1-17-6-8-19(9-7-17)33-13-12-29(2)23(32)16-30-15-18(14-26-30)27-22(31)10-11-25-21-5-3-4-20(24)28-21/h3-9,14-15H,10-13,16H2,1-2H3,(H,27,31)(H3,24,25,28). The maximum Gasteiger partial charge on any atom is 0.244 e. The molecule has 0 aliphatic rings. The quantitative estimate of drug-likeness (QED) is 0.408. The zero-order valence-corrected chi connectivity index (χ0v) is 18.8. The van der Waals surface area contributed by atoms with Crippen molar-refractivity contribution in [2.75, 3.05) is 43.1 Å². The SMILES string of the molecule is Cc1ccc(OCCN(C)C(=O)Cn2cc(NC(=O)CCNc3cccc(N)n3)cn2)cc1. The summed E-state index contributed by atoms with van der Waals surface area (Å²) in [5.74, 6) is 1.51. The van der Waals surface area contributed by atoms with Gasteiger partial charge < -0.3 is 26.0 Å². The minimum Gasteiger partial charge on any atom is -0.492 e. The van der Waals surface area contributed by atoms with Gasteiger partial charge >= 0.3 is 0 Å². The van der Waals surface area contributed by atoms with Gasteiger partial charge in [0, 0.05) is 26.2 Å². The van der Waals surface area contributed by atoms with Crippen molar-refractivity contribution in [2.24, 2.45) is 0 Å². The van der Waals surface area contributed by atoms with E-state index in [1.54, 1.807) is 36.3 Å². The van der Waals surface area contributed by atoms with Gasteiger partial charge in [0.25, 0.3) is 0 Å². The average molecular weight is 452 g/mol. The second-order valence-electron chi connectivity index (χ2n) is 7.58. The molecule has 0 fully saturated rings. The molecule has 0 radical (unpaired) electrons. The molecule has 1 aromatic carbocycles. The van der Waals surface area contributed by atoms with Crippen LogP contribution >= 0.6 is 0 Å². The molecule has 0 unspecified atom stereocenters. The fourth-order valence-corrected chi connectivity index (χ4v) is 2.91. The van der Waals surface area contributed by atoms with Gasteiger partial charge in [0.15, 0.2) is 0 Å². The van der Waals surface area contributed by atoms with Crippen LogP contribution in [0.25, 0.3) is 0 Å². The van der Waals surface area contributed by atoms with Crippen LogP contribution < -0.4 is 21.1 Å². The zero-order chi connectivity index (χ0) is 23.6. The van der Waals surface area contributed by atoms with Gasteiger partial charge in [0.05, 0.1) is 18.4 Å². The van der Waals surface area contributed by atoms with Crippen LogP contribution in [0.1, 0.15) is 12.0 Å². The van der Waals surface area contributed by atoms with Gasteiger partial charge in [-0.3, -0.25) is 14.3 Å². The molecule has 33 heavy (non-hydrogen) atoms. The number of nitrogens with one attached hydrogen (secondary N) is 2. The molecule has 2 heterocycles. The summed E-state index contributed by atoms with van der Waals surface area (Å²) in [7, 11) is 1.72. The Morgan fingerprint density at radius 2 is 1.97 bits per heavy atom. The van der Waals surface area contributed by atoms with E-state index in [0.717, 1.165) is 11.3 Å². The molecule has 10 heteroatoms. The lowest BCUT2D eigenvalue weighted by Crippen LogP contribution is -2.33. The van der Waals surface area contributed by atoms with Gasteiger partial charge in [-0.2, -0.15) is 5.10 Å². The van der Waals surface area contributed by atoms with Crippen molar-refractivity contribution >= 4 is 29.1 Å². The molecule has 0 saturated carbocycles. The zero-order valence-electron chi connectivity index (χ0n) is 18.8. The molecule has 0 atom stereocenters. The molecule has 0 saturated heterocycles. The fourth-order valence-electron chi connectivity index (χ4n) is 2.91. The molecule has 3 aromatic rings. The number of aryl methyl sites for hydroxylation is 1. The van der Waals surface area contributed by atoms with Crippen LogP contribution in [-0.4, -0.2) is 58.2 Å². The number of nitrogen functional groups attached to an aromatic ring is 1. The highest BCUT2D eigenvalue weighted by atomic mass is 16.5. The Morgan fingerprint density at radius 3 is 2.73 bits per heavy atom. The second kappa shape index (κ2) is 11.5. The molecule has 0 bridgehead atoms. The number of hydrogen-bond donors (Lipinski definition) is 3. The summed E-state index contributed by atoms with van der Waals surface area (Å²) in [4.78, 5) is 30.3. The summed E-state index contributed by atoms with van der Waals surface area (Å²) in [6.07, 6.45) is 3.38. The highest BCUT2D eigenvalue weighted by Gasteiger charge is 2.12. The Morgan fingerprint density at radius 1 is 1.18 bits per heavy atom. The summed E-state index contributed by atoms with van der Waals surface area (Å²) < 4.78 is 7.16.